The number of carbonyl (C=O) groups is 1. The van der Waals surface area contributed by atoms with E-state index in [0.29, 0.717) is 17.9 Å². The first-order valence-electron chi connectivity index (χ1n) is 7.66. The highest BCUT2D eigenvalue weighted by Gasteiger charge is 2.23. The van der Waals surface area contributed by atoms with Gasteiger partial charge in [0.25, 0.3) is 0 Å². The van der Waals surface area contributed by atoms with Crippen LogP contribution < -0.4 is 4.90 Å². The minimum absolute atomic E-state index is 0.294. The molecule has 1 aromatic heterocycles. The molecule has 0 aliphatic rings. The average Bonchev–Trinajstić information content (AvgIpc) is 2.82. The average molecular weight is 296 g/mol. The summed E-state index contributed by atoms with van der Waals surface area (Å²) in [5, 5.41) is 1.01. The van der Waals surface area contributed by atoms with Crippen molar-refractivity contribution in [3.63, 3.8) is 0 Å². The number of nitrogens with zero attached hydrogens (tertiary/aromatic N) is 2. The van der Waals surface area contributed by atoms with Gasteiger partial charge in [-0.1, -0.05) is 52.9 Å². The molecule has 3 nitrogen and oxygen atoms in total. The Morgan fingerprint density at radius 3 is 2.15 bits per heavy atom. The molecule has 0 N–H and O–H groups in total. The molecule has 1 rings (SSSR count). The normalized spacial score (nSPS) is 11.7. The van der Waals surface area contributed by atoms with Crippen LogP contribution in [0.2, 0.25) is 0 Å². The summed E-state index contributed by atoms with van der Waals surface area (Å²) < 4.78 is 0. The van der Waals surface area contributed by atoms with E-state index in [0.717, 1.165) is 41.4 Å². The summed E-state index contributed by atoms with van der Waals surface area (Å²) in [7, 11) is 0. The molecule has 0 aliphatic heterocycles. The van der Waals surface area contributed by atoms with Crippen LogP contribution in [0.15, 0.2) is 0 Å². The van der Waals surface area contributed by atoms with E-state index in [-0.39, 0.29) is 0 Å². The van der Waals surface area contributed by atoms with Crippen LogP contribution in [0.5, 0.6) is 0 Å². The molecular weight excluding hydrogens is 268 g/mol. The Morgan fingerprint density at radius 2 is 1.80 bits per heavy atom. The van der Waals surface area contributed by atoms with E-state index < -0.39 is 0 Å². The second-order valence-electron chi connectivity index (χ2n) is 6.04. The lowest BCUT2D eigenvalue weighted by Gasteiger charge is -2.31. The Hall–Kier alpha value is -0.900. The first-order valence-corrected chi connectivity index (χ1v) is 8.48. The van der Waals surface area contributed by atoms with Crippen LogP contribution in [-0.4, -0.2) is 23.9 Å². The highest BCUT2D eigenvalue weighted by Crippen LogP contribution is 2.32. The maximum absolute atomic E-state index is 11.3. The highest BCUT2D eigenvalue weighted by molar-refractivity contribution is 7.17. The quantitative estimate of drug-likeness (QED) is 0.650. The van der Waals surface area contributed by atoms with E-state index in [1.54, 1.807) is 11.3 Å². The predicted octanol–water partition coefficient (Wildman–Crippen LogP) is 4.73. The third-order valence-corrected chi connectivity index (χ3v) is 4.55. The van der Waals surface area contributed by atoms with Crippen molar-refractivity contribution < 1.29 is 4.79 Å². The maximum atomic E-state index is 11.3. The summed E-state index contributed by atoms with van der Waals surface area (Å²) >= 11 is 1.54. The van der Waals surface area contributed by atoms with Gasteiger partial charge in [-0.3, -0.25) is 4.79 Å². The first-order chi connectivity index (χ1) is 9.44. The van der Waals surface area contributed by atoms with E-state index in [1.807, 2.05) is 0 Å². The van der Waals surface area contributed by atoms with Crippen molar-refractivity contribution in [1.29, 1.82) is 0 Å². The number of carbonyl (C=O) groups excluding carboxylic acids is 1. The van der Waals surface area contributed by atoms with Gasteiger partial charge in [0.05, 0.1) is 10.6 Å². The van der Waals surface area contributed by atoms with E-state index in [9.17, 15) is 4.79 Å². The summed E-state index contributed by atoms with van der Waals surface area (Å²) in [6.07, 6.45) is 3.17. The smallest absolute Gasteiger partial charge is 0.186 e. The summed E-state index contributed by atoms with van der Waals surface area (Å²) in [6, 6.07) is 0.503. The van der Waals surface area contributed by atoms with Gasteiger partial charge in [-0.25, -0.2) is 4.98 Å². The molecule has 0 unspecified atom stereocenters. The van der Waals surface area contributed by atoms with Gasteiger partial charge in [0, 0.05) is 12.6 Å². The Kier molecular flexibility index (Phi) is 6.66. The fourth-order valence-corrected chi connectivity index (χ4v) is 3.57. The zero-order valence-corrected chi connectivity index (χ0v) is 14.5. The van der Waals surface area contributed by atoms with Crippen LogP contribution in [0.25, 0.3) is 0 Å². The van der Waals surface area contributed by atoms with Gasteiger partial charge in [-0.15, -0.1) is 0 Å². The molecule has 0 amide bonds. The number of aldehydes is 1. The molecule has 1 heterocycles. The molecule has 0 bridgehead atoms. The lowest BCUT2D eigenvalue weighted by atomic mass is 10.1. The van der Waals surface area contributed by atoms with Crippen molar-refractivity contribution in [3.8, 4) is 0 Å². The van der Waals surface area contributed by atoms with Gasteiger partial charge in [0.2, 0.25) is 0 Å². The Bertz CT molecular complexity index is 422. The molecule has 1 aromatic rings. The molecule has 0 aliphatic carbocycles. The van der Waals surface area contributed by atoms with Crippen molar-refractivity contribution in [2.75, 3.05) is 11.4 Å². The number of thiazole rings is 1. The molecule has 0 aromatic carbocycles. The molecule has 0 fully saturated rings. The SMILES string of the molecule is CCC(CC)N(CC(C)C)c1nc(C(C)C)c(C=O)s1. The third-order valence-electron chi connectivity index (χ3n) is 3.51. The molecule has 0 spiro atoms. The monoisotopic (exact) mass is 296 g/mol. The standard InChI is InChI=1S/C16H28N2OS/c1-7-13(8-2)18(9-11(3)4)16-17-15(12(5)6)14(10-19)20-16/h10-13H,7-9H2,1-6H3. The largest absolute Gasteiger partial charge is 0.345 e. The summed E-state index contributed by atoms with van der Waals surface area (Å²) in [4.78, 5) is 19.2. The van der Waals surface area contributed by atoms with Crippen LogP contribution in [0.4, 0.5) is 5.13 Å². The minimum atomic E-state index is 0.294. The molecule has 0 saturated carbocycles. The fourth-order valence-electron chi connectivity index (χ4n) is 2.46. The number of hydrogen-bond acceptors (Lipinski definition) is 4. The van der Waals surface area contributed by atoms with Crippen molar-refractivity contribution >= 4 is 22.8 Å². The van der Waals surface area contributed by atoms with E-state index >= 15 is 0 Å². The van der Waals surface area contributed by atoms with E-state index in [1.165, 1.54) is 0 Å². The minimum Gasteiger partial charge on any atom is -0.345 e. The number of anilines is 1. The number of hydrogen-bond donors (Lipinski definition) is 0. The third kappa shape index (κ3) is 4.05. The Labute approximate surface area is 127 Å². The van der Waals surface area contributed by atoms with Gasteiger partial charge >= 0.3 is 0 Å². The molecule has 114 valence electrons. The van der Waals surface area contributed by atoms with Gasteiger partial charge < -0.3 is 4.90 Å². The lowest BCUT2D eigenvalue weighted by Crippen LogP contribution is -2.37. The molecule has 0 radical (unpaired) electrons. The molecule has 0 saturated heterocycles. The topological polar surface area (TPSA) is 33.2 Å². The van der Waals surface area contributed by atoms with Crippen molar-refractivity contribution in [2.45, 2.75) is 66.3 Å². The highest BCUT2D eigenvalue weighted by atomic mass is 32.1. The van der Waals surface area contributed by atoms with Crippen molar-refractivity contribution in [3.05, 3.63) is 10.6 Å². The zero-order chi connectivity index (χ0) is 15.3. The van der Waals surface area contributed by atoms with Crippen LogP contribution in [-0.2, 0) is 0 Å². The lowest BCUT2D eigenvalue weighted by molar-refractivity contribution is 0.112. The number of aromatic nitrogens is 1. The van der Waals surface area contributed by atoms with Gasteiger partial charge in [0.1, 0.15) is 0 Å². The van der Waals surface area contributed by atoms with E-state index in [2.05, 4.69) is 46.4 Å². The second kappa shape index (κ2) is 7.77. The molecule has 4 heteroatoms. The Morgan fingerprint density at radius 1 is 1.20 bits per heavy atom. The molecular formula is C16H28N2OS. The number of rotatable bonds is 8. The van der Waals surface area contributed by atoms with Crippen LogP contribution in [0, 0.1) is 5.92 Å². The van der Waals surface area contributed by atoms with Gasteiger partial charge in [-0.05, 0) is 24.7 Å². The van der Waals surface area contributed by atoms with E-state index in [4.69, 9.17) is 4.98 Å². The van der Waals surface area contributed by atoms with Gasteiger partial charge in [-0.2, -0.15) is 0 Å². The van der Waals surface area contributed by atoms with Crippen molar-refractivity contribution in [1.82, 2.24) is 4.98 Å². The van der Waals surface area contributed by atoms with Crippen molar-refractivity contribution in [2.24, 2.45) is 5.92 Å². The van der Waals surface area contributed by atoms with Gasteiger partial charge in [0.15, 0.2) is 11.4 Å². The molecule has 0 atom stereocenters. The Balaban J connectivity index is 3.16. The summed E-state index contributed by atoms with van der Waals surface area (Å²) in [5.74, 6) is 0.879. The zero-order valence-electron chi connectivity index (χ0n) is 13.6. The van der Waals surface area contributed by atoms with Crippen LogP contribution >= 0.6 is 11.3 Å². The molecule has 20 heavy (non-hydrogen) atoms. The summed E-state index contributed by atoms with van der Waals surface area (Å²) in [6.45, 7) is 14.1. The maximum Gasteiger partial charge on any atom is 0.186 e. The van der Waals surface area contributed by atoms with Crippen LogP contribution in [0.1, 0.15) is 75.7 Å². The second-order valence-corrected chi connectivity index (χ2v) is 7.04. The summed E-state index contributed by atoms with van der Waals surface area (Å²) in [5.41, 5.74) is 0.944. The first kappa shape index (κ1) is 17.2. The fraction of sp³-hybridized carbons (Fsp3) is 0.750. The van der Waals surface area contributed by atoms with Crippen LogP contribution in [0.3, 0.4) is 0 Å². The predicted molar refractivity (Wildman–Crippen MR) is 88.1 cm³/mol.